The fourth-order valence-corrected chi connectivity index (χ4v) is 2.83. The molecule has 3 heterocycles. The van der Waals surface area contributed by atoms with Crippen molar-refractivity contribution in [2.45, 2.75) is 32.7 Å². The normalized spacial score (nSPS) is 17.4. The van der Waals surface area contributed by atoms with Crippen molar-refractivity contribution in [2.24, 2.45) is 7.05 Å². The fourth-order valence-electron chi connectivity index (χ4n) is 2.83. The van der Waals surface area contributed by atoms with Crippen LogP contribution in [0, 0.1) is 13.8 Å². The number of oxazole rings is 1. The maximum Gasteiger partial charge on any atom is 0.323 e. The third-order valence-corrected chi connectivity index (χ3v) is 4.30. The highest BCUT2D eigenvalue weighted by Crippen LogP contribution is 2.15. The van der Waals surface area contributed by atoms with Crippen molar-refractivity contribution in [2.75, 3.05) is 23.3 Å². The van der Waals surface area contributed by atoms with Gasteiger partial charge in [-0.2, -0.15) is 4.98 Å². The van der Waals surface area contributed by atoms with Crippen molar-refractivity contribution >= 4 is 17.9 Å². The van der Waals surface area contributed by atoms with Crippen LogP contribution in [0.25, 0.3) is 0 Å². The number of amides is 2. The van der Waals surface area contributed by atoms with Crippen LogP contribution < -0.4 is 21.1 Å². The van der Waals surface area contributed by atoms with Crippen LogP contribution in [0.1, 0.15) is 24.3 Å². The van der Waals surface area contributed by atoms with E-state index in [4.69, 9.17) is 4.42 Å². The summed E-state index contributed by atoms with van der Waals surface area (Å²) in [5, 5.41) is 5.50. The number of anilines is 2. The Morgan fingerprint density at radius 2 is 2.20 bits per heavy atom. The number of urea groups is 1. The van der Waals surface area contributed by atoms with Crippen molar-refractivity contribution in [3.8, 4) is 0 Å². The number of nitrogens with zero attached hydrogens (tertiary/aromatic N) is 4. The van der Waals surface area contributed by atoms with Crippen molar-refractivity contribution < 1.29 is 9.21 Å². The fraction of sp³-hybridized carbons (Fsp3) is 0.500. The number of hydrogen-bond acceptors (Lipinski definition) is 6. The molecule has 2 N–H and O–H groups in total. The van der Waals surface area contributed by atoms with Gasteiger partial charge in [0.15, 0.2) is 5.82 Å². The first-order chi connectivity index (χ1) is 11.9. The highest BCUT2D eigenvalue weighted by molar-refractivity contribution is 5.87. The van der Waals surface area contributed by atoms with E-state index in [0.29, 0.717) is 18.1 Å². The van der Waals surface area contributed by atoms with E-state index in [9.17, 15) is 9.59 Å². The number of carbonyl (C=O) groups excluding carboxylic acids is 1. The standard InChI is InChI=1S/C16H22N6O3/c1-10-11(2)25-16(18-10)20-15(24)19-12-5-4-7-22(9-12)13-14(23)21(3)8-6-17-13/h6,8,12H,4-5,7,9H2,1-3H3,(H2,18,19,20,24)/t12-/m0/s1. The molecule has 9 nitrogen and oxygen atoms in total. The molecule has 2 amide bonds. The van der Waals surface area contributed by atoms with E-state index in [-0.39, 0.29) is 23.6 Å². The molecule has 0 radical (unpaired) electrons. The lowest BCUT2D eigenvalue weighted by atomic mass is 10.1. The monoisotopic (exact) mass is 346 g/mol. The summed E-state index contributed by atoms with van der Waals surface area (Å²) in [6.45, 7) is 4.87. The van der Waals surface area contributed by atoms with Crippen molar-refractivity contribution in [3.05, 3.63) is 34.2 Å². The molecule has 1 aliphatic heterocycles. The first-order valence-electron chi connectivity index (χ1n) is 8.22. The SMILES string of the molecule is Cc1nc(NC(=O)N[C@H]2CCCN(c3nccn(C)c3=O)C2)oc1C. The minimum absolute atomic E-state index is 0.0855. The van der Waals surface area contributed by atoms with Crippen molar-refractivity contribution in [1.82, 2.24) is 19.9 Å². The number of aromatic nitrogens is 3. The van der Waals surface area contributed by atoms with Crippen LogP contribution in [-0.4, -0.2) is 39.7 Å². The highest BCUT2D eigenvalue weighted by Gasteiger charge is 2.24. The third kappa shape index (κ3) is 3.81. The van der Waals surface area contributed by atoms with Gasteiger partial charge in [-0.05, 0) is 26.7 Å². The molecule has 0 bridgehead atoms. The summed E-state index contributed by atoms with van der Waals surface area (Å²) >= 11 is 0. The largest absolute Gasteiger partial charge is 0.428 e. The lowest BCUT2D eigenvalue weighted by Gasteiger charge is -2.33. The Hall–Kier alpha value is -2.84. The molecule has 134 valence electrons. The van der Waals surface area contributed by atoms with Crippen LogP contribution in [0.2, 0.25) is 0 Å². The van der Waals surface area contributed by atoms with E-state index in [2.05, 4.69) is 20.6 Å². The minimum Gasteiger partial charge on any atom is -0.428 e. The summed E-state index contributed by atoms with van der Waals surface area (Å²) in [5.41, 5.74) is 0.600. The van der Waals surface area contributed by atoms with E-state index < -0.39 is 0 Å². The van der Waals surface area contributed by atoms with Gasteiger partial charge in [0.25, 0.3) is 5.56 Å². The Balaban J connectivity index is 1.62. The zero-order chi connectivity index (χ0) is 18.0. The summed E-state index contributed by atoms with van der Waals surface area (Å²) < 4.78 is 6.85. The molecule has 2 aromatic heterocycles. The molecule has 1 atom stereocenters. The Bertz CT molecular complexity index is 808. The predicted octanol–water partition coefficient (Wildman–Crippen LogP) is 1.18. The lowest BCUT2D eigenvalue weighted by molar-refractivity contribution is 0.246. The second-order valence-electron chi connectivity index (χ2n) is 6.21. The molecular weight excluding hydrogens is 324 g/mol. The highest BCUT2D eigenvalue weighted by atomic mass is 16.4. The first kappa shape index (κ1) is 17.0. The Kier molecular flexibility index (Phi) is 4.73. The number of piperidine rings is 1. The zero-order valence-corrected chi connectivity index (χ0v) is 14.6. The van der Waals surface area contributed by atoms with Gasteiger partial charge in [0.1, 0.15) is 5.76 Å². The van der Waals surface area contributed by atoms with Gasteiger partial charge >= 0.3 is 12.0 Å². The topological polar surface area (TPSA) is 105 Å². The second-order valence-corrected chi connectivity index (χ2v) is 6.21. The lowest BCUT2D eigenvalue weighted by Crippen LogP contribution is -2.50. The van der Waals surface area contributed by atoms with Gasteiger partial charge in [-0.15, -0.1) is 0 Å². The summed E-state index contributed by atoms with van der Waals surface area (Å²) in [4.78, 5) is 34.6. The molecule has 0 spiro atoms. The van der Waals surface area contributed by atoms with Gasteiger partial charge in [-0.25, -0.2) is 9.78 Å². The molecule has 2 aromatic rings. The van der Waals surface area contributed by atoms with Crippen molar-refractivity contribution in [1.29, 1.82) is 0 Å². The van der Waals surface area contributed by atoms with Crippen LogP contribution in [0.3, 0.4) is 0 Å². The molecular formula is C16H22N6O3. The maximum absolute atomic E-state index is 12.2. The zero-order valence-electron chi connectivity index (χ0n) is 14.6. The van der Waals surface area contributed by atoms with Gasteiger partial charge in [0, 0.05) is 38.6 Å². The summed E-state index contributed by atoms with van der Waals surface area (Å²) in [7, 11) is 1.70. The molecule has 0 unspecified atom stereocenters. The quantitative estimate of drug-likeness (QED) is 0.864. The van der Waals surface area contributed by atoms with Gasteiger partial charge < -0.3 is 19.2 Å². The molecule has 9 heteroatoms. The Labute approximate surface area is 145 Å². The second kappa shape index (κ2) is 6.96. The van der Waals surface area contributed by atoms with Crippen LogP contribution in [0.4, 0.5) is 16.6 Å². The Morgan fingerprint density at radius 3 is 2.92 bits per heavy atom. The van der Waals surface area contributed by atoms with E-state index in [1.54, 1.807) is 26.4 Å². The molecule has 1 aliphatic rings. The third-order valence-electron chi connectivity index (χ3n) is 4.30. The van der Waals surface area contributed by atoms with Crippen LogP contribution in [0.5, 0.6) is 0 Å². The van der Waals surface area contributed by atoms with E-state index in [0.717, 1.165) is 25.1 Å². The molecule has 1 fully saturated rings. The van der Waals surface area contributed by atoms with Gasteiger partial charge in [0.2, 0.25) is 0 Å². The average Bonchev–Trinajstić information content (AvgIpc) is 2.87. The van der Waals surface area contributed by atoms with Crippen LogP contribution >= 0.6 is 0 Å². The van der Waals surface area contributed by atoms with Gasteiger partial charge in [-0.1, -0.05) is 0 Å². The molecule has 3 rings (SSSR count). The number of aryl methyl sites for hydroxylation is 3. The average molecular weight is 346 g/mol. The number of hydrogen-bond donors (Lipinski definition) is 2. The number of rotatable bonds is 3. The van der Waals surface area contributed by atoms with E-state index in [1.165, 1.54) is 4.57 Å². The molecule has 0 saturated carbocycles. The summed E-state index contributed by atoms with van der Waals surface area (Å²) in [6.07, 6.45) is 4.93. The minimum atomic E-state index is -0.373. The smallest absolute Gasteiger partial charge is 0.323 e. The first-order valence-corrected chi connectivity index (χ1v) is 8.22. The molecule has 0 aromatic carbocycles. The van der Waals surface area contributed by atoms with E-state index in [1.807, 2.05) is 11.8 Å². The number of nitrogens with one attached hydrogen (secondary N) is 2. The Morgan fingerprint density at radius 1 is 1.40 bits per heavy atom. The van der Waals surface area contributed by atoms with Crippen molar-refractivity contribution in [3.63, 3.8) is 0 Å². The maximum atomic E-state index is 12.2. The molecule has 25 heavy (non-hydrogen) atoms. The van der Waals surface area contributed by atoms with Crippen LogP contribution in [-0.2, 0) is 7.05 Å². The van der Waals surface area contributed by atoms with Gasteiger partial charge in [-0.3, -0.25) is 10.1 Å². The molecule has 1 saturated heterocycles. The molecule has 0 aliphatic carbocycles. The summed E-state index contributed by atoms with van der Waals surface area (Å²) in [6, 6.07) is -0.279. The number of carbonyl (C=O) groups is 1. The predicted molar refractivity (Wildman–Crippen MR) is 92.8 cm³/mol. The van der Waals surface area contributed by atoms with Crippen LogP contribution in [0.15, 0.2) is 21.6 Å². The van der Waals surface area contributed by atoms with Gasteiger partial charge in [0.05, 0.1) is 5.69 Å². The van der Waals surface area contributed by atoms with E-state index >= 15 is 0 Å². The summed E-state index contributed by atoms with van der Waals surface area (Å²) in [5.74, 6) is 1.08.